The van der Waals surface area contributed by atoms with Gasteiger partial charge in [0.05, 0.1) is 0 Å². The molecule has 0 aromatic heterocycles. The number of nitrogens with one attached hydrogen (secondary N) is 2. The van der Waals surface area contributed by atoms with E-state index in [1.54, 1.807) is 0 Å². The second-order valence-electron chi connectivity index (χ2n) is 3.38. The molecule has 0 radical (unpaired) electrons. The summed E-state index contributed by atoms with van der Waals surface area (Å²) in [5, 5.41) is 0. The number of benzene rings is 2. The van der Waals surface area contributed by atoms with Gasteiger partial charge in [0.25, 0.3) is 0 Å². The molecule has 0 aliphatic carbocycles. The van der Waals surface area contributed by atoms with Crippen molar-refractivity contribution in [3.8, 4) is 11.1 Å². The fraction of sp³-hybridized carbons (Fsp3) is 0. The Bertz CT molecular complexity index is 411. The Morgan fingerprint density at radius 2 is 0.882 bits per heavy atom. The van der Waals surface area contributed by atoms with E-state index in [4.69, 9.17) is 0 Å². The van der Waals surface area contributed by atoms with Gasteiger partial charge < -0.3 is 9.44 Å². The highest BCUT2D eigenvalue weighted by molar-refractivity contribution is 14.0. The fourth-order valence-corrected chi connectivity index (χ4v) is 1.77. The predicted octanol–water partition coefficient (Wildman–Crippen LogP) is 4.49. The summed E-state index contributed by atoms with van der Waals surface area (Å²) in [5.41, 5.74) is 4.33. The number of hydrogen-bond donors (Lipinski definition) is 4. The Kier molecular flexibility index (Phi) is 6.01. The molecule has 0 aliphatic heterocycles. The molecule has 2 rings (SSSR count). The van der Waals surface area contributed by atoms with Crippen LogP contribution in [0.25, 0.3) is 11.1 Å². The van der Waals surface area contributed by atoms with Gasteiger partial charge in [-0.1, -0.05) is 49.9 Å². The lowest BCUT2D eigenvalue weighted by molar-refractivity contribution is 1.61. The molecule has 5 heteroatoms. The third-order valence-electron chi connectivity index (χ3n) is 2.36. The molecule has 0 saturated carbocycles. The quantitative estimate of drug-likeness (QED) is 0.469. The van der Waals surface area contributed by atoms with Gasteiger partial charge in [-0.25, -0.2) is 0 Å². The average Bonchev–Trinajstić information content (AvgIpc) is 2.39. The maximum absolute atomic E-state index is 3.99. The normalized spacial score (nSPS) is 9.29. The zero-order valence-electron chi connectivity index (χ0n) is 8.92. The van der Waals surface area contributed by atoms with Gasteiger partial charge in [0, 0.05) is 11.4 Å². The Labute approximate surface area is 129 Å². The summed E-state index contributed by atoms with van der Waals surface area (Å²) in [6.07, 6.45) is 0. The highest BCUT2D eigenvalue weighted by atomic mass is 127. The van der Waals surface area contributed by atoms with Crippen LogP contribution in [0.1, 0.15) is 0 Å². The smallest absolute Gasteiger partial charge is 0.0438 e. The van der Waals surface area contributed by atoms with Crippen LogP contribution in [0.3, 0.4) is 0 Å². The summed E-state index contributed by atoms with van der Waals surface area (Å²) in [5.74, 6) is 0. The van der Waals surface area contributed by atoms with Crippen LogP contribution in [0, 0.1) is 0 Å². The van der Waals surface area contributed by atoms with Crippen molar-refractivity contribution in [2.24, 2.45) is 0 Å². The minimum atomic E-state index is 0. The first-order valence-corrected chi connectivity index (χ1v) is 5.73. The van der Waals surface area contributed by atoms with Crippen molar-refractivity contribution in [3.63, 3.8) is 0 Å². The highest BCUT2D eigenvalue weighted by Gasteiger charge is 1.97. The van der Waals surface area contributed by atoms with Gasteiger partial charge in [0.1, 0.15) is 0 Å². The first kappa shape index (κ1) is 14.5. The van der Waals surface area contributed by atoms with Crippen LogP contribution in [-0.2, 0) is 0 Å². The fourth-order valence-electron chi connectivity index (χ4n) is 1.47. The molecule has 17 heavy (non-hydrogen) atoms. The standard InChI is InChI=1S/C12H12N2S2.HI/c15-13-11-5-1-9(2-6-11)10-3-7-12(14-16)8-4-10;/h1-8,13-16H;1H. The lowest BCUT2D eigenvalue weighted by Crippen LogP contribution is -1.83. The predicted molar refractivity (Wildman–Crippen MR) is 92.5 cm³/mol. The second kappa shape index (κ2) is 7.03. The minimum Gasteiger partial charge on any atom is -0.332 e. The van der Waals surface area contributed by atoms with Gasteiger partial charge in [-0.05, 0) is 35.4 Å². The van der Waals surface area contributed by atoms with Gasteiger partial charge in [-0.15, -0.1) is 24.0 Å². The zero-order chi connectivity index (χ0) is 11.4. The first-order chi connectivity index (χ1) is 7.83. The van der Waals surface area contributed by atoms with E-state index in [2.05, 4.69) is 59.3 Å². The van der Waals surface area contributed by atoms with Crippen molar-refractivity contribution < 1.29 is 0 Å². The monoisotopic (exact) mass is 376 g/mol. The van der Waals surface area contributed by atoms with Crippen LogP contribution in [0.2, 0.25) is 0 Å². The van der Waals surface area contributed by atoms with Crippen molar-refractivity contribution in [2.75, 3.05) is 9.44 Å². The molecule has 0 amide bonds. The number of halogens is 1. The van der Waals surface area contributed by atoms with E-state index in [0.29, 0.717) is 0 Å². The summed E-state index contributed by atoms with van der Waals surface area (Å²) in [6, 6.07) is 16.2. The summed E-state index contributed by atoms with van der Waals surface area (Å²) < 4.78 is 5.60. The summed E-state index contributed by atoms with van der Waals surface area (Å²) in [6.45, 7) is 0. The van der Waals surface area contributed by atoms with E-state index in [-0.39, 0.29) is 24.0 Å². The van der Waals surface area contributed by atoms with Crippen molar-refractivity contribution in [3.05, 3.63) is 48.5 Å². The number of thiol groups is 2. The molecule has 2 aromatic carbocycles. The molecular formula is C12H13IN2S2. The van der Waals surface area contributed by atoms with Crippen molar-refractivity contribution in [1.82, 2.24) is 0 Å². The maximum atomic E-state index is 3.99. The van der Waals surface area contributed by atoms with Crippen LogP contribution >= 0.6 is 49.6 Å². The Morgan fingerprint density at radius 3 is 1.12 bits per heavy atom. The maximum Gasteiger partial charge on any atom is 0.0438 e. The molecule has 0 fully saturated rings. The van der Waals surface area contributed by atoms with Crippen molar-refractivity contribution in [1.29, 1.82) is 0 Å². The van der Waals surface area contributed by atoms with Gasteiger partial charge in [0.2, 0.25) is 0 Å². The third kappa shape index (κ3) is 3.72. The molecule has 0 spiro atoms. The summed E-state index contributed by atoms with van der Waals surface area (Å²) in [4.78, 5) is 0. The second-order valence-corrected chi connectivity index (χ2v) is 3.83. The summed E-state index contributed by atoms with van der Waals surface area (Å²) >= 11 is 7.98. The van der Waals surface area contributed by atoms with Gasteiger partial charge in [0.15, 0.2) is 0 Å². The molecule has 2 nitrogen and oxygen atoms in total. The van der Waals surface area contributed by atoms with Crippen molar-refractivity contribution >= 4 is 61.0 Å². The molecule has 0 heterocycles. The third-order valence-corrected chi connectivity index (χ3v) is 2.88. The van der Waals surface area contributed by atoms with Crippen molar-refractivity contribution in [2.45, 2.75) is 0 Å². The molecule has 2 aromatic rings. The molecule has 90 valence electrons. The van der Waals surface area contributed by atoms with Crippen LogP contribution < -0.4 is 9.44 Å². The average molecular weight is 376 g/mol. The van der Waals surface area contributed by atoms with E-state index in [1.165, 1.54) is 11.1 Å². The van der Waals surface area contributed by atoms with Crippen LogP contribution in [0.5, 0.6) is 0 Å². The minimum absolute atomic E-state index is 0. The number of anilines is 2. The SMILES string of the molecule is I.SNc1ccc(-c2ccc(NS)cc2)cc1. The largest absolute Gasteiger partial charge is 0.332 e. The van der Waals surface area contributed by atoms with E-state index < -0.39 is 0 Å². The van der Waals surface area contributed by atoms with Gasteiger partial charge >= 0.3 is 0 Å². The van der Waals surface area contributed by atoms with E-state index >= 15 is 0 Å². The molecule has 2 N–H and O–H groups in total. The number of rotatable bonds is 3. The Balaban J connectivity index is 0.00000144. The molecule has 0 saturated heterocycles. The van der Waals surface area contributed by atoms with Crippen LogP contribution in [0.4, 0.5) is 11.4 Å². The molecule has 0 atom stereocenters. The lowest BCUT2D eigenvalue weighted by atomic mass is 10.1. The van der Waals surface area contributed by atoms with Crippen LogP contribution in [0.15, 0.2) is 48.5 Å². The van der Waals surface area contributed by atoms with Gasteiger partial charge in [-0.2, -0.15) is 0 Å². The summed E-state index contributed by atoms with van der Waals surface area (Å²) in [7, 11) is 0. The van der Waals surface area contributed by atoms with E-state index in [0.717, 1.165) is 11.4 Å². The van der Waals surface area contributed by atoms with E-state index in [1.807, 2.05) is 24.3 Å². The Hall–Kier alpha value is -0.530. The van der Waals surface area contributed by atoms with E-state index in [9.17, 15) is 0 Å². The first-order valence-electron chi connectivity index (χ1n) is 4.84. The number of hydrogen-bond acceptors (Lipinski definition) is 4. The van der Waals surface area contributed by atoms with Gasteiger partial charge in [-0.3, -0.25) is 0 Å². The molecule has 0 unspecified atom stereocenters. The highest BCUT2D eigenvalue weighted by Crippen LogP contribution is 2.23. The molecule has 0 aliphatic rings. The molecular weight excluding hydrogens is 363 g/mol. The topological polar surface area (TPSA) is 24.1 Å². The van der Waals surface area contributed by atoms with Crippen LogP contribution in [-0.4, -0.2) is 0 Å². The lowest BCUT2D eigenvalue weighted by Gasteiger charge is -2.05. The molecule has 0 bridgehead atoms. The zero-order valence-corrected chi connectivity index (χ0v) is 13.0. The Morgan fingerprint density at radius 1 is 0.588 bits per heavy atom.